The van der Waals surface area contributed by atoms with Crippen LogP contribution in [0.4, 0.5) is 11.9 Å². The molecule has 11 nitrogen and oxygen atoms in total. The molecule has 0 bridgehead atoms. The van der Waals surface area contributed by atoms with Crippen LogP contribution in [0.25, 0.3) is 11.2 Å². The molecular weight excluding hydrogens is 308 g/mol. The van der Waals surface area contributed by atoms with E-state index in [1.165, 1.54) is 4.57 Å². The number of hydrogen-bond acceptors (Lipinski definition) is 9. The summed E-state index contributed by atoms with van der Waals surface area (Å²) in [4.78, 5) is 24.2. The van der Waals surface area contributed by atoms with E-state index in [1.54, 1.807) is 19.0 Å². The lowest BCUT2D eigenvalue weighted by Crippen LogP contribution is -2.33. The number of aliphatic hydroxyl groups is 3. The largest absolute Gasteiger partial charge is 0.394 e. The van der Waals surface area contributed by atoms with Crippen LogP contribution in [-0.2, 0) is 4.74 Å². The molecule has 1 aliphatic rings. The van der Waals surface area contributed by atoms with Crippen molar-refractivity contribution in [2.45, 2.75) is 24.5 Å². The molecule has 0 aromatic carbocycles. The summed E-state index contributed by atoms with van der Waals surface area (Å²) in [5.41, 5.74) is 5.20. The number of rotatable bonds is 3. The van der Waals surface area contributed by atoms with Gasteiger partial charge in [0, 0.05) is 14.1 Å². The number of hydrogen-bond donors (Lipinski definition) is 5. The molecule has 1 fully saturated rings. The van der Waals surface area contributed by atoms with Crippen LogP contribution in [0.3, 0.4) is 0 Å². The third kappa shape index (κ3) is 2.34. The molecule has 0 amide bonds. The van der Waals surface area contributed by atoms with E-state index in [0.29, 0.717) is 5.95 Å². The topological polar surface area (TPSA) is 163 Å². The maximum absolute atomic E-state index is 12.0. The predicted octanol–water partition coefficient (Wildman–Crippen LogP) is -2.62. The summed E-state index contributed by atoms with van der Waals surface area (Å²) in [5, 5.41) is 29.4. The number of imidazole rings is 1. The fourth-order valence-electron chi connectivity index (χ4n) is 2.63. The highest BCUT2D eigenvalue weighted by molar-refractivity contribution is 5.75. The molecule has 0 spiro atoms. The Kier molecular flexibility index (Phi) is 3.72. The minimum atomic E-state index is -1.33. The fourth-order valence-corrected chi connectivity index (χ4v) is 2.63. The van der Waals surface area contributed by atoms with Crippen molar-refractivity contribution in [2.24, 2.45) is 0 Å². The van der Waals surface area contributed by atoms with Crippen LogP contribution in [0.2, 0.25) is 0 Å². The molecule has 11 heteroatoms. The van der Waals surface area contributed by atoms with E-state index < -0.39 is 36.7 Å². The number of nitrogens with zero attached hydrogens (tertiary/aromatic N) is 4. The molecule has 4 atom stereocenters. The quantitative estimate of drug-likeness (QED) is 0.406. The Hall–Kier alpha value is -2.21. The highest BCUT2D eigenvalue weighted by Crippen LogP contribution is 2.34. The molecule has 1 aliphatic heterocycles. The summed E-state index contributed by atoms with van der Waals surface area (Å²) in [6.45, 7) is -0.463. The zero-order valence-corrected chi connectivity index (χ0v) is 12.5. The number of H-pyrrole nitrogens is 1. The summed E-state index contributed by atoms with van der Waals surface area (Å²) in [7, 11) is 3.38. The van der Waals surface area contributed by atoms with Gasteiger partial charge in [0.05, 0.1) is 6.61 Å². The number of nitrogen functional groups attached to an aromatic ring is 1. The van der Waals surface area contributed by atoms with Gasteiger partial charge in [0.15, 0.2) is 17.4 Å². The van der Waals surface area contributed by atoms with Crippen molar-refractivity contribution in [1.82, 2.24) is 19.5 Å². The highest BCUT2D eigenvalue weighted by Gasteiger charge is 2.45. The van der Waals surface area contributed by atoms with Gasteiger partial charge in [0.25, 0.3) is 5.56 Å². The molecule has 1 saturated heterocycles. The SMILES string of the molecule is CN(C)c1nc2c(=O)[nH]c(N)nc2n1[C@@H]1O[C@H](CO)[C@@H](O)[C@H]1O. The summed E-state index contributed by atoms with van der Waals surface area (Å²) >= 11 is 0. The Morgan fingerprint density at radius 3 is 2.61 bits per heavy atom. The lowest BCUT2D eigenvalue weighted by molar-refractivity contribution is -0.0503. The average molecular weight is 326 g/mol. The Bertz CT molecular complexity index is 786. The van der Waals surface area contributed by atoms with E-state index in [-0.39, 0.29) is 17.1 Å². The first-order valence-corrected chi connectivity index (χ1v) is 6.92. The second-order valence-electron chi connectivity index (χ2n) is 5.53. The second kappa shape index (κ2) is 5.45. The number of nitrogens with two attached hydrogens (primary N) is 1. The molecule has 0 unspecified atom stereocenters. The van der Waals surface area contributed by atoms with E-state index >= 15 is 0 Å². The smallest absolute Gasteiger partial charge is 0.280 e. The van der Waals surface area contributed by atoms with Crippen LogP contribution >= 0.6 is 0 Å². The lowest BCUT2D eigenvalue weighted by Gasteiger charge is -2.22. The summed E-state index contributed by atoms with van der Waals surface area (Å²) in [6.07, 6.45) is -4.64. The van der Waals surface area contributed by atoms with Gasteiger partial charge in [-0.25, -0.2) is 4.98 Å². The van der Waals surface area contributed by atoms with Crippen LogP contribution < -0.4 is 16.2 Å². The molecule has 6 N–H and O–H groups in total. The van der Waals surface area contributed by atoms with Gasteiger partial charge in [-0.1, -0.05) is 0 Å². The van der Waals surface area contributed by atoms with Crippen LogP contribution in [0, 0.1) is 0 Å². The zero-order chi connectivity index (χ0) is 16.9. The number of aromatic nitrogens is 4. The van der Waals surface area contributed by atoms with E-state index in [4.69, 9.17) is 10.5 Å². The molecule has 0 saturated carbocycles. The van der Waals surface area contributed by atoms with Gasteiger partial charge in [-0.2, -0.15) is 4.98 Å². The van der Waals surface area contributed by atoms with Gasteiger partial charge in [-0.3, -0.25) is 14.3 Å². The second-order valence-corrected chi connectivity index (χ2v) is 5.53. The third-order valence-electron chi connectivity index (χ3n) is 3.72. The van der Waals surface area contributed by atoms with Crippen molar-refractivity contribution in [2.75, 3.05) is 31.3 Å². The Balaban J connectivity index is 2.23. The fraction of sp³-hybridized carbons (Fsp3) is 0.583. The molecule has 0 radical (unpaired) electrons. The Labute approximate surface area is 129 Å². The Morgan fingerprint density at radius 1 is 1.35 bits per heavy atom. The van der Waals surface area contributed by atoms with Gasteiger partial charge < -0.3 is 30.7 Å². The van der Waals surface area contributed by atoms with Gasteiger partial charge in [-0.15, -0.1) is 0 Å². The first-order chi connectivity index (χ1) is 10.8. The maximum atomic E-state index is 12.0. The summed E-state index contributed by atoms with van der Waals surface area (Å²) < 4.78 is 6.89. The van der Waals surface area contributed by atoms with Crippen molar-refractivity contribution >= 4 is 23.1 Å². The number of fused-ring (bicyclic) bond motifs is 1. The third-order valence-corrected chi connectivity index (χ3v) is 3.72. The van der Waals surface area contributed by atoms with Gasteiger partial charge >= 0.3 is 0 Å². The molecule has 126 valence electrons. The van der Waals surface area contributed by atoms with Gasteiger partial charge in [-0.05, 0) is 0 Å². The zero-order valence-electron chi connectivity index (χ0n) is 12.5. The normalized spacial score (nSPS) is 27.7. The van der Waals surface area contributed by atoms with E-state index in [9.17, 15) is 20.1 Å². The van der Waals surface area contributed by atoms with Crippen LogP contribution in [0.5, 0.6) is 0 Å². The molecule has 2 aromatic rings. The van der Waals surface area contributed by atoms with E-state index in [2.05, 4.69) is 15.0 Å². The molecule has 23 heavy (non-hydrogen) atoms. The van der Waals surface area contributed by atoms with Crippen molar-refractivity contribution in [3.8, 4) is 0 Å². The average Bonchev–Trinajstić information content (AvgIpc) is 2.99. The minimum absolute atomic E-state index is 0.0284. The number of nitrogens with one attached hydrogen (secondary N) is 1. The number of aromatic amines is 1. The first kappa shape index (κ1) is 15.7. The highest BCUT2D eigenvalue weighted by atomic mass is 16.6. The number of anilines is 2. The summed E-state index contributed by atoms with van der Waals surface area (Å²) in [5.74, 6) is 0.180. The van der Waals surface area contributed by atoms with Crippen molar-refractivity contribution in [1.29, 1.82) is 0 Å². The van der Waals surface area contributed by atoms with Crippen molar-refractivity contribution < 1.29 is 20.1 Å². The van der Waals surface area contributed by atoms with Crippen LogP contribution in [0.15, 0.2) is 4.79 Å². The predicted molar refractivity (Wildman–Crippen MR) is 79.9 cm³/mol. The monoisotopic (exact) mass is 326 g/mol. The molecule has 0 aliphatic carbocycles. The van der Waals surface area contributed by atoms with Gasteiger partial charge in [0.2, 0.25) is 11.9 Å². The van der Waals surface area contributed by atoms with Crippen molar-refractivity contribution in [3.05, 3.63) is 10.4 Å². The number of aliphatic hydroxyl groups excluding tert-OH is 3. The van der Waals surface area contributed by atoms with Crippen molar-refractivity contribution in [3.63, 3.8) is 0 Å². The van der Waals surface area contributed by atoms with Crippen LogP contribution in [0.1, 0.15) is 6.23 Å². The molecule has 3 rings (SSSR count). The minimum Gasteiger partial charge on any atom is -0.394 e. The first-order valence-electron chi connectivity index (χ1n) is 6.92. The lowest BCUT2D eigenvalue weighted by atomic mass is 10.1. The van der Waals surface area contributed by atoms with E-state index in [0.717, 1.165) is 0 Å². The van der Waals surface area contributed by atoms with E-state index in [1.807, 2.05) is 0 Å². The molecule has 3 heterocycles. The molecular formula is C12H18N6O5. The van der Waals surface area contributed by atoms with Gasteiger partial charge in [0.1, 0.15) is 18.3 Å². The maximum Gasteiger partial charge on any atom is 0.280 e. The number of ether oxygens (including phenoxy) is 1. The Morgan fingerprint density at radius 2 is 2.04 bits per heavy atom. The molecule has 2 aromatic heterocycles. The standard InChI is InChI=1S/C12H18N6O5/c1-17(2)12-14-5-8(15-11(13)16-9(5)22)18(12)10-7(21)6(20)4(3-19)23-10/h4,6-7,10,19-21H,3H2,1-2H3,(H3,13,15,16,22)/t4-,6-,7-,10-/m1/s1. The van der Waals surface area contributed by atoms with Crippen LogP contribution in [-0.4, -0.2) is 73.9 Å². The summed E-state index contributed by atoms with van der Waals surface area (Å²) in [6, 6.07) is 0.